The van der Waals surface area contributed by atoms with Crippen LogP contribution in [0.4, 0.5) is 5.69 Å². The van der Waals surface area contributed by atoms with Crippen LogP contribution >= 0.6 is 0 Å². The molecule has 3 aliphatic heterocycles. The summed E-state index contributed by atoms with van der Waals surface area (Å²) in [5.74, 6) is -0.813. The molecule has 8 nitrogen and oxygen atoms in total. The highest BCUT2D eigenvalue weighted by Gasteiger charge is 2.52. The highest BCUT2D eigenvalue weighted by molar-refractivity contribution is 5.99. The maximum Gasteiger partial charge on any atom is 0.249 e. The van der Waals surface area contributed by atoms with Crippen molar-refractivity contribution in [2.75, 3.05) is 50.8 Å². The maximum atomic E-state index is 14.4. The quantitative estimate of drug-likeness (QED) is 0.606. The van der Waals surface area contributed by atoms with Crippen molar-refractivity contribution in [3.05, 3.63) is 29.3 Å². The summed E-state index contributed by atoms with van der Waals surface area (Å²) in [6, 6.07) is 5.33. The van der Waals surface area contributed by atoms with Gasteiger partial charge in [-0.1, -0.05) is 33.1 Å². The topological polar surface area (TPSA) is 96.2 Å². The van der Waals surface area contributed by atoms with E-state index in [9.17, 15) is 14.4 Å². The average molecular weight is 511 g/mol. The Bertz CT molecular complexity index is 1020. The van der Waals surface area contributed by atoms with E-state index in [4.69, 9.17) is 10.5 Å². The van der Waals surface area contributed by atoms with Crippen LogP contribution in [0, 0.1) is 11.8 Å². The molecule has 37 heavy (non-hydrogen) atoms. The molecule has 1 aromatic rings. The molecule has 1 aliphatic carbocycles. The van der Waals surface area contributed by atoms with Gasteiger partial charge in [0.15, 0.2) is 5.78 Å². The number of benzene rings is 1. The largest absolute Gasteiger partial charge is 0.369 e. The van der Waals surface area contributed by atoms with Crippen molar-refractivity contribution < 1.29 is 19.1 Å². The molecule has 1 aromatic carbocycles. The van der Waals surface area contributed by atoms with Crippen LogP contribution < -0.4 is 10.6 Å². The number of hydrogen-bond acceptors (Lipinski definition) is 6. The molecular formula is C29H42N4O4. The summed E-state index contributed by atoms with van der Waals surface area (Å²) >= 11 is 0. The Kier molecular flexibility index (Phi) is 7.86. The lowest BCUT2D eigenvalue weighted by atomic mass is 9.74. The third-order valence-electron chi connectivity index (χ3n) is 9.02. The summed E-state index contributed by atoms with van der Waals surface area (Å²) in [6.07, 6.45) is 6.11. The van der Waals surface area contributed by atoms with Crippen LogP contribution in [-0.4, -0.2) is 85.4 Å². The zero-order valence-corrected chi connectivity index (χ0v) is 22.4. The third-order valence-corrected chi connectivity index (χ3v) is 9.02. The van der Waals surface area contributed by atoms with Gasteiger partial charge < -0.3 is 20.3 Å². The van der Waals surface area contributed by atoms with E-state index < -0.39 is 17.9 Å². The number of carbonyl (C=O) groups is 3. The number of Topliss-reactive ketones (excluding diaryl/α,β-unsaturated/α-hetero) is 1. The van der Waals surface area contributed by atoms with E-state index >= 15 is 0 Å². The van der Waals surface area contributed by atoms with Crippen molar-refractivity contribution in [1.82, 2.24) is 9.80 Å². The summed E-state index contributed by atoms with van der Waals surface area (Å²) in [5.41, 5.74) is 8.09. The molecule has 202 valence electrons. The Morgan fingerprint density at radius 2 is 1.84 bits per heavy atom. The van der Waals surface area contributed by atoms with Gasteiger partial charge in [-0.05, 0) is 55.5 Å². The van der Waals surface area contributed by atoms with E-state index in [1.54, 1.807) is 4.90 Å². The molecule has 5 rings (SSSR count). The van der Waals surface area contributed by atoms with Crippen molar-refractivity contribution in [2.45, 2.75) is 70.4 Å². The molecule has 8 heteroatoms. The first-order chi connectivity index (χ1) is 17.9. The average Bonchev–Trinajstić information content (AvgIpc) is 3.45. The Hall–Kier alpha value is -2.45. The molecule has 2 N–H and O–H groups in total. The van der Waals surface area contributed by atoms with Gasteiger partial charge >= 0.3 is 0 Å². The van der Waals surface area contributed by atoms with Crippen LogP contribution in [0.3, 0.4) is 0 Å². The van der Waals surface area contributed by atoms with Crippen molar-refractivity contribution in [3.63, 3.8) is 0 Å². The number of carbonyl (C=O) groups excluding carboxylic acids is 3. The van der Waals surface area contributed by atoms with E-state index in [2.05, 4.69) is 22.8 Å². The van der Waals surface area contributed by atoms with Crippen LogP contribution in [0.25, 0.3) is 0 Å². The van der Waals surface area contributed by atoms with Gasteiger partial charge in [-0.2, -0.15) is 0 Å². The minimum Gasteiger partial charge on any atom is -0.369 e. The van der Waals surface area contributed by atoms with Crippen molar-refractivity contribution in [1.29, 1.82) is 0 Å². The predicted octanol–water partition coefficient (Wildman–Crippen LogP) is 2.80. The minimum atomic E-state index is -0.513. The Labute approximate surface area is 220 Å². The predicted molar refractivity (Wildman–Crippen MR) is 143 cm³/mol. The van der Waals surface area contributed by atoms with Crippen molar-refractivity contribution >= 4 is 23.3 Å². The number of likely N-dealkylation sites (tertiary alicyclic amines) is 1. The fraction of sp³-hybridized carbons (Fsp3) is 0.690. The van der Waals surface area contributed by atoms with Crippen LogP contribution in [-0.2, 0) is 14.3 Å². The highest BCUT2D eigenvalue weighted by Crippen LogP contribution is 2.42. The molecule has 4 fully saturated rings. The Morgan fingerprint density at radius 1 is 1.11 bits per heavy atom. The second-order valence-corrected chi connectivity index (χ2v) is 11.5. The molecule has 1 saturated carbocycles. The summed E-state index contributed by atoms with van der Waals surface area (Å²) in [7, 11) is 0. The summed E-state index contributed by atoms with van der Waals surface area (Å²) in [4.78, 5) is 46.4. The van der Waals surface area contributed by atoms with E-state index in [1.807, 2.05) is 19.1 Å². The summed E-state index contributed by atoms with van der Waals surface area (Å²) in [5, 5.41) is 0. The molecule has 0 aromatic heterocycles. The van der Waals surface area contributed by atoms with E-state index in [0.717, 1.165) is 76.1 Å². The molecule has 0 unspecified atom stereocenters. The van der Waals surface area contributed by atoms with Gasteiger partial charge in [0.25, 0.3) is 0 Å². The highest BCUT2D eigenvalue weighted by atomic mass is 16.5. The molecule has 0 bridgehead atoms. The third kappa shape index (κ3) is 5.15. The number of fused-ring (bicyclic) bond motifs is 1. The molecule has 2 amide bonds. The first-order valence-electron chi connectivity index (χ1n) is 14.2. The lowest BCUT2D eigenvalue weighted by Gasteiger charge is -2.37. The van der Waals surface area contributed by atoms with Crippen LogP contribution in [0.2, 0.25) is 0 Å². The fourth-order valence-electron chi connectivity index (χ4n) is 7.13. The second kappa shape index (κ2) is 11.1. The molecule has 3 heterocycles. The number of rotatable bonds is 7. The zero-order valence-electron chi connectivity index (χ0n) is 22.4. The van der Waals surface area contributed by atoms with Gasteiger partial charge in [-0.15, -0.1) is 0 Å². The minimum absolute atomic E-state index is 0.0149. The lowest BCUT2D eigenvalue weighted by Crippen LogP contribution is -2.47. The lowest BCUT2D eigenvalue weighted by molar-refractivity contribution is -0.139. The van der Waals surface area contributed by atoms with Gasteiger partial charge in [0, 0.05) is 49.9 Å². The molecule has 4 atom stereocenters. The standard InChI is InChI=1S/C29H42N4O4/c1-3-11-31-12-14-32(15-13-31)21-9-10-22(28(30)35)23(16-21)25(20-7-5-4-6-8-20)29(36)33-17-19(2)27-26(33)24(34)18-37-27/h9-10,16,19-20,25-27H,3-8,11-15,17-18H2,1-2H3,(H2,30,35)/t19-,25+,26-,27-/m1/s1. The Morgan fingerprint density at radius 3 is 2.51 bits per heavy atom. The van der Waals surface area contributed by atoms with E-state index in [0.29, 0.717) is 12.1 Å². The second-order valence-electron chi connectivity index (χ2n) is 11.5. The normalized spacial score (nSPS) is 27.9. The monoisotopic (exact) mass is 510 g/mol. The van der Waals surface area contributed by atoms with Crippen LogP contribution in [0.5, 0.6) is 0 Å². The number of piperazine rings is 1. The Balaban J connectivity index is 1.50. The first-order valence-corrected chi connectivity index (χ1v) is 14.2. The van der Waals surface area contributed by atoms with Crippen LogP contribution in [0.15, 0.2) is 18.2 Å². The van der Waals surface area contributed by atoms with Gasteiger partial charge in [-0.25, -0.2) is 0 Å². The zero-order chi connectivity index (χ0) is 26.1. The van der Waals surface area contributed by atoms with E-state index in [1.165, 1.54) is 6.42 Å². The molecular weight excluding hydrogens is 468 g/mol. The molecule has 3 saturated heterocycles. The van der Waals surface area contributed by atoms with Gasteiger partial charge in [0.1, 0.15) is 12.6 Å². The SMILES string of the molecule is CCCN1CCN(c2ccc(C(N)=O)c([C@@H](C(=O)N3C[C@@H](C)[C@H]4OCC(=O)[C@H]43)C3CCCCC3)c2)CC1. The fourth-order valence-corrected chi connectivity index (χ4v) is 7.13. The summed E-state index contributed by atoms with van der Waals surface area (Å²) < 4.78 is 5.77. The number of hydrogen-bond donors (Lipinski definition) is 1. The number of nitrogens with two attached hydrogens (primary N) is 1. The van der Waals surface area contributed by atoms with Crippen LogP contribution in [0.1, 0.15) is 74.2 Å². The summed E-state index contributed by atoms with van der Waals surface area (Å²) in [6.45, 7) is 9.78. The number of ketones is 1. The number of ether oxygens (including phenoxy) is 1. The first kappa shape index (κ1) is 26.2. The number of amides is 2. The van der Waals surface area contributed by atoms with Crippen molar-refractivity contribution in [2.24, 2.45) is 17.6 Å². The number of anilines is 1. The molecule has 0 radical (unpaired) electrons. The van der Waals surface area contributed by atoms with Gasteiger partial charge in [0.05, 0.1) is 12.0 Å². The molecule has 0 spiro atoms. The smallest absolute Gasteiger partial charge is 0.249 e. The van der Waals surface area contributed by atoms with Gasteiger partial charge in [-0.3, -0.25) is 19.3 Å². The van der Waals surface area contributed by atoms with E-state index in [-0.39, 0.29) is 36.2 Å². The maximum absolute atomic E-state index is 14.4. The van der Waals surface area contributed by atoms with Crippen molar-refractivity contribution in [3.8, 4) is 0 Å². The van der Waals surface area contributed by atoms with Gasteiger partial charge in [0.2, 0.25) is 11.8 Å². The number of nitrogens with zero attached hydrogens (tertiary/aromatic N) is 3. The molecule has 4 aliphatic rings. The number of primary amides is 1.